The zero-order valence-corrected chi connectivity index (χ0v) is 17.9. The van der Waals surface area contributed by atoms with E-state index in [-0.39, 0.29) is 5.91 Å². The van der Waals surface area contributed by atoms with Gasteiger partial charge in [0.15, 0.2) is 0 Å². The molecule has 152 valence electrons. The Hall–Kier alpha value is -2.87. The van der Waals surface area contributed by atoms with Gasteiger partial charge in [0.05, 0.1) is 25.2 Å². The number of carbonyl (C=O) groups excluding carboxylic acids is 1. The molecule has 1 amide bonds. The fraction of sp³-hybridized carbons (Fsp3) is 0.381. The van der Waals surface area contributed by atoms with E-state index >= 15 is 0 Å². The zero-order chi connectivity index (χ0) is 20.5. The number of carbonyl (C=O) groups is 1. The molecule has 0 bridgehead atoms. The number of benzene rings is 1. The van der Waals surface area contributed by atoms with Crippen LogP contribution >= 0.6 is 11.3 Å². The Kier molecular flexibility index (Phi) is 5.27. The molecule has 1 aliphatic rings. The van der Waals surface area contributed by atoms with Crippen LogP contribution in [0.5, 0.6) is 11.5 Å². The number of nitrogens with zero attached hydrogens (tertiary/aromatic N) is 4. The van der Waals surface area contributed by atoms with Crippen molar-refractivity contribution in [2.24, 2.45) is 0 Å². The van der Waals surface area contributed by atoms with Crippen molar-refractivity contribution in [2.45, 2.75) is 13.8 Å². The van der Waals surface area contributed by atoms with Crippen LogP contribution in [0.4, 0.5) is 5.82 Å². The third kappa shape index (κ3) is 3.48. The Morgan fingerprint density at radius 3 is 2.52 bits per heavy atom. The first kappa shape index (κ1) is 19.4. The van der Waals surface area contributed by atoms with Crippen molar-refractivity contribution in [2.75, 3.05) is 45.3 Å². The van der Waals surface area contributed by atoms with E-state index in [1.165, 1.54) is 10.4 Å². The predicted octanol–water partition coefficient (Wildman–Crippen LogP) is 3.29. The topological polar surface area (TPSA) is 67.8 Å². The molecule has 0 unspecified atom stereocenters. The van der Waals surface area contributed by atoms with Gasteiger partial charge in [-0.1, -0.05) is 0 Å². The first-order valence-corrected chi connectivity index (χ1v) is 10.3. The Morgan fingerprint density at radius 2 is 1.83 bits per heavy atom. The first-order valence-electron chi connectivity index (χ1n) is 9.50. The summed E-state index contributed by atoms with van der Waals surface area (Å²) in [5, 5.41) is 1.13. The van der Waals surface area contributed by atoms with Gasteiger partial charge in [-0.15, -0.1) is 11.3 Å². The lowest BCUT2D eigenvalue weighted by Crippen LogP contribution is -2.49. The Labute approximate surface area is 173 Å². The number of methoxy groups -OCH3 is 2. The van der Waals surface area contributed by atoms with E-state index in [1.807, 2.05) is 4.90 Å². The summed E-state index contributed by atoms with van der Waals surface area (Å²) in [6.45, 7) is 6.94. The van der Waals surface area contributed by atoms with Gasteiger partial charge in [-0.3, -0.25) is 4.79 Å². The Bertz CT molecular complexity index is 1060. The molecule has 1 aliphatic heterocycles. The highest BCUT2D eigenvalue weighted by molar-refractivity contribution is 7.18. The minimum absolute atomic E-state index is 0.0282. The molecule has 1 saturated heterocycles. The fourth-order valence-electron chi connectivity index (χ4n) is 3.67. The van der Waals surface area contributed by atoms with Gasteiger partial charge >= 0.3 is 0 Å². The third-order valence-corrected chi connectivity index (χ3v) is 6.57. The van der Waals surface area contributed by atoms with Gasteiger partial charge in [0.2, 0.25) is 0 Å². The number of fused-ring (bicyclic) bond motifs is 1. The number of anilines is 1. The number of hydrogen-bond donors (Lipinski definition) is 0. The molecule has 0 saturated carbocycles. The molecule has 0 atom stereocenters. The number of thiophene rings is 1. The molecule has 4 rings (SSSR count). The predicted molar refractivity (Wildman–Crippen MR) is 115 cm³/mol. The van der Waals surface area contributed by atoms with Crippen molar-refractivity contribution in [3.05, 3.63) is 40.5 Å². The van der Waals surface area contributed by atoms with Crippen molar-refractivity contribution in [3.63, 3.8) is 0 Å². The summed E-state index contributed by atoms with van der Waals surface area (Å²) in [5.41, 5.74) is 1.79. The molecule has 29 heavy (non-hydrogen) atoms. The van der Waals surface area contributed by atoms with Crippen LogP contribution in [-0.2, 0) is 0 Å². The van der Waals surface area contributed by atoms with E-state index < -0.39 is 0 Å². The molecule has 3 aromatic rings. The molecule has 0 radical (unpaired) electrons. The van der Waals surface area contributed by atoms with Gasteiger partial charge < -0.3 is 19.3 Å². The molecular weight excluding hydrogens is 388 g/mol. The lowest BCUT2D eigenvalue weighted by atomic mass is 10.1. The summed E-state index contributed by atoms with van der Waals surface area (Å²) < 4.78 is 10.6. The van der Waals surface area contributed by atoms with Crippen LogP contribution in [0.3, 0.4) is 0 Å². The normalized spacial score (nSPS) is 14.3. The molecule has 1 fully saturated rings. The SMILES string of the molecule is COc1ccc(C(=O)N2CCN(c3ncnc4sc(C)c(C)c34)CC2)c(OC)c1. The van der Waals surface area contributed by atoms with Crippen LogP contribution in [0, 0.1) is 13.8 Å². The Balaban J connectivity index is 1.53. The summed E-state index contributed by atoms with van der Waals surface area (Å²) in [6.07, 6.45) is 1.63. The van der Waals surface area contributed by atoms with Crippen LogP contribution in [0.15, 0.2) is 24.5 Å². The zero-order valence-electron chi connectivity index (χ0n) is 17.1. The minimum Gasteiger partial charge on any atom is -0.497 e. The minimum atomic E-state index is -0.0282. The highest BCUT2D eigenvalue weighted by Gasteiger charge is 2.26. The first-order chi connectivity index (χ1) is 14.0. The molecule has 0 aliphatic carbocycles. The molecular formula is C21H24N4O3S. The fourth-order valence-corrected chi connectivity index (χ4v) is 4.66. The highest BCUT2D eigenvalue weighted by atomic mass is 32.1. The van der Waals surface area contributed by atoms with Crippen molar-refractivity contribution in [1.29, 1.82) is 0 Å². The van der Waals surface area contributed by atoms with Gasteiger partial charge in [-0.05, 0) is 31.5 Å². The number of rotatable bonds is 4. The maximum absolute atomic E-state index is 13.1. The van der Waals surface area contributed by atoms with E-state index in [0.717, 1.165) is 29.1 Å². The quantitative estimate of drug-likeness (QED) is 0.655. The Morgan fingerprint density at radius 1 is 1.07 bits per heavy atom. The molecule has 2 aromatic heterocycles. The molecule has 1 aromatic carbocycles. The number of aryl methyl sites for hydroxylation is 2. The van der Waals surface area contributed by atoms with E-state index in [2.05, 4.69) is 28.7 Å². The number of amides is 1. The average molecular weight is 413 g/mol. The van der Waals surface area contributed by atoms with Crippen molar-refractivity contribution >= 4 is 33.3 Å². The van der Waals surface area contributed by atoms with Gasteiger partial charge in [-0.2, -0.15) is 0 Å². The monoisotopic (exact) mass is 412 g/mol. The van der Waals surface area contributed by atoms with Gasteiger partial charge in [0.1, 0.15) is 28.5 Å². The van der Waals surface area contributed by atoms with Crippen molar-refractivity contribution < 1.29 is 14.3 Å². The maximum Gasteiger partial charge on any atom is 0.257 e. The van der Waals surface area contributed by atoms with Crippen molar-refractivity contribution in [3.8, 4) is 11.5 Å². The van der Waals surface area contributed by atoms with Crippen LogP contribution in [0.2, 0.25) is 0 Å². The number of ether oxygens (including phenoxy) is 2. The number of piperazine rings is 1. The third-order valence-electron chi connectivity index (χ3n) is 5.45. The van der Waals surface area contributed by atoms with Crippen LogP contribution < -0.4 is 14.4 Å². The second kappa shape index (κ2) is 7.87. The van der Waals surface area contributed by atoms with E-state index in [0.29, 0.717) is 30.2 Å². The van der Waals surface area contributed by atoms with Gasteiger partial charge in [-0.25, -0.2) is 9.97 Å². The lowest BCUT2D eigenvalue weighted by Gasteiger charge is -2.36. The lowest BCUT2D eigenvalue weighted by molar-refractivity contribution is 0.0743. The standard InChI is InChI=1S/C21H24N4O3S/c1-13-14(2)29-20-18(13)19(22-12-23-20)24-7-9-25(10-8-24)21(26)16-6-5-15(27-3)11-17(16)28-4/h5-6,11-12H,7-10H2,1-4H3. The highest BCUT2D eigenvalue weighted by Crippen LogP contribution is 2.34. The molecule has 3 heterocycles. The maximum atomic E-state index is 13.1. The van der Waals surface area contributed by atoms with E-state index in [9.17, 15) is 4.79 Å². The van der Waals surface area contributed by atoms with Crippen LogP contribution in [0.1, 0.15) is 20.8 Å². The number of hydrogen-bond acceptors (Lipinski definition) is 7. The molecule has 7 nitrogen and oxygen atoms in total. The average Bonchev–Trinajstić information content (AvgIpc) is 3.06. The smallest absolute Gasteiger partial charge is 0.257 e. The van der Waals surface area contributed by atoms with Crippen molar-refractivity contribution in [1.82, 2.24) is 14.9 Å². The summed E-state index contributed by atoms with van der Waals surface area (Å²) in [4.78, 5) is 28.4. The van der Waals surface area contributed by atoms with Crippen LogP contribution in [0.25, 0.3) is 10.2 Å². The van der Waals surface area contributed by atoms with Gasteiger partial charge in [0, 0.05) is 37.1 Å². The summed E-state index contributed by atoms with van der Waals surface area (Å²) >= 11 is 1.70. The second-order valence-electron chi connectivity index (χ2n) is 7.01. The van der Waals surface area contributed by atoms with E-state index in [1.54, 1.807) is 50.1 Å². The van der Waals surface area contributed by atoms with Crippen LogP contribution in [-0.4, -0.2) is 61.2 Å². The molecule has 0 spiro atoms. The largest absolute Gasteiger partial charge is 0.497 e. The molecule has 0 N–H and O–H groups in total. The van der Waals surface area contributed by atoms with E-state index in [4.69, 9.17) is 9.47 Å². The van der Waals surface area contributed by atoms with Gasteiger partial charge in [0.25, 0.3) is 5.91 Å². The summed E-state index contributed by atoms with van der Waals surface area (Å²) in [5.74, 6) is 2.13. The summed E-state index contributed by atoms with van der Waals surface area (Å²) in [6, 6.07) is 5.28. The summed E-state index contributed by atoms with van der Waals surface area (Å²) in [7, 11) is 3.16. The molecule has 8 heteroatoms. The number of aromatic nitrogens is 2. The second-order valence-corrected chi connectivity index (χ2v) is 8.21.